The second-order valence-corrected chi connectivity index (χ2v) is 7.58. The topological polar surface area (TPSA) is 49.4 Å². The zero-order valence-electron chi connectivity index (χ0n) is 16.0. The molecule has 140 valence electrons. The molecule has 0 aromatic heterocycles. The molecular formula is C23H26N2O2. The minimum Gasteiger partial charge on any atom is -0.348 e. The molecule has 0 unspecified atom stereocenters. The molecule has 1 heterocycles. The van der Waals surface area contributed by atoms with Crippen LogP contribution in [0, 0.1) is 0 Å². The van der Waals surface area contributed by atoms with Gasteiger partial charge in [-0.15, -0.1) is 0 Å². The highest BCUT2D eigenvalue weighted by Gasteiger charge is 2.31. The van der Waals surface area contributed by atoms with Gasteiger partial charge < -0.3 is 10.2 Å². The van der Waals surface area contributed by atoms with E-state index in [4.69, 9.17) is 0 Å². The van der Waals surface area contributed by atoms with Crippen LogP contribution in [0.3, 0.4) is 0 Å². The Morgan fingerprint density at radius 1 is 1.15 bits per heavy atom. The molecule has 2 aromatic carbocycles. The maximum Gasteiger partial charge on any atom is 0.258 e. The molecule has 2 aromatic rings. The van der Waals surface area contributed by atoms with E-state index < -0.39 is 0 Å². The highest BCUT2D eigenvalue weighted by molar-refractivity contribution is 6.06. The van der Waals surface area contributed by atoms with E-state index in [9.17, 15) is 9.59 Å². The maximum absolute atomic E-state index is 13.2. The predicted molar refractivity (Wildman–Crippen MR) is 109 cm³/mol. The minimum atomic E-state index is -0.209. The van der Waals surface area contributed by atoms with Crippen molar-refractivity contribution < 1.29 is 9.59 Å². The Bertz CT molecular complexity index is 853. The lowest BCUT2D eigenvalue weighted by molar-refractivity contribution is -0.116. The van der Waals surface area contributed by atoms with Crippen molar-refractivity contribution in [1.29, 1.82) is 0 Å². The first kappa shape index (κ1) is 18.9. The number of para-hydroxylation sites is 1. The summed E-state index contributed by atoms with van der Waals surface area (Å²) in [6, 6.07) is 15.6. The van der Waals surface area contributed by atoms with Gasteiger partial charge in [0.05, 0.1) is 0 Å². The fraction of sp³-hybridized carbons (Fsp3) is 0.304. The van der Waals surface area contributed by atoms with E-state index in [0.29, 0.717) is 12.1 Å². The van der Waals surface area contributed by atoms with E-state index in [1.165, 1.54) is 11.6 Å². The van der Waals surface area contributed by atoms with E-state index in [-0.39, 0.29) is 17.2 Å². The van der Waals surface area contributed by atoms with Crippen molar-refractivity contribution in [2.45, 2.75) is 38.6 Å². The van der Waals surface area contributed by atoms with Crippen LogP contribution in [0.2, 0.25) is 0 Å². The third-order valence-electron chi connectivity index (χ3n) is 5.21. The van der Waals surface area contributed by atoms with Crippen molar-refractivity contribution in [3.8, 4) is 0 Å². The third-order valence-corrected chi connectivity index (χ3v) is 5.21. The van der Waals surface area contributed by atoms with Gasteiger partial charge in [0.15, 0.2) is 0 Å². The normalized spacial score (nSPS) is 15.4. The van der Waals surface area contributed by atoms with Gasteiger partial charge in [0.1, 0.15) is 0 Å². The summed E-state index contributed by atoms with van der Waals surface area (Å²) >= 11 is 0. The number of fused-ring (bicyclic) bond motifs is 1. The first-order valence-electron chi connectivity index (χ1n) is 9.33. The molecule has 1 N–H and O–H groups in total. The van der Waals surface area contributed by atoms with Gasteiger partial charge in [0.2, 0.25) is 5.91 Å². The van der Waals surface area contributed by atoms with E-state index in [1.807, 2.05) is 47.4 Å². The van der Waals surface area contributed by atoms with Gasteiger partial charge >= 0.3 is 0 Å². The molecule has 1 aliphatic heterocycles. The first-order chi connectivity index (χ1) is 12.9. The van der Waals surface area contributed by atoms with Crippen LogP contribution in [0.5, 0.6) is 0 Å². The third kappa shape index (κ3) is 4.11. The average molecular weight is 362 g/mol. The molecule has 4 nitrogen and oxygen atoms in total. The Morgan fingerprint density at radius 3 is 2.56 bits per heavy atom. The van der Waals surface area contributed by atoms with E-state index in [2.05, 4.69) is 31.8 Å². The molecule has 1 aliphatic rings. The van der Waals surface area contributed by atoms with Gasteiger partial charge in [0, 0.05) is 24.3 Å². The molecule has 0 radical (unpaired) electrons. The summed E-state index contributed by atoms with van der Waals surface area (Å²) in [6.07, 6.45) is 3.27. The number of carbonyl (C=O) groups excluding carboxylic acids is 2. The molecule has 0 spiro atoms. The molecule has 0 atom stereocenters. The highest BCUT2D eigenvalue weighted by atomic mass is 16.2. The molecule has 0 saturated heterocycles. The number of nitrogens with one attached hydrogen (secondary N) is 1. The molecule has 0 bridgehead atoms. The number of anilines is 1. The molecule has 0 saturated carbocycles. The molecular weight excluding hydrogens is 336 g/mol. The fourth-order valence-electron chi connectivity index (χ4n) is 3.61. The summed E-state index contributed by atoms with van der Waals surface area (Å²) in [5.74, 6) is -0.194. The van der Waals surface area contributed by atoms with Crippen molar-refractivity contribution >= 4 is 17.5 Å². The number of hydrogen-bond donors (Lipinski definition) is 1. The summed E-state index contributed by atoms with van der Waals surface area (Å²) < 4.78 is 0. The van der Waals surface area contributed by atoms with Crippen molar-refractivity contribution in [2.75, 3.05) is 11.4 Å². The summed E-state index contributed by atoms with van der Waals surface area (Å²) in [7, 11) is 0. The zero-order chi connectivity index (χ0) is 19.4. The predicted octanol–water partition coefficient (Wildman–Crippen LogP) is 4.21. The highest BCUT2D eigenvalue weighted by Crippen LogP contribution is 2.39. The van der Waals surface area contributed by atoms with Crippen LogP contribution in [0.25, 0.3) is 0 Å². The number of hydrogen-bond acceptors (Lipinski definition) is 2. The summed E-state index contributed by atoms with van der Waals surface area (Å²) in [5, 5.41) is 2.74. The Hall–Kier alpha value is -2.88. The van der Waals surface area contributed by atoms with Crippen LogP contribution in [-0.2, 0) is 16.8 Å². The van der Waals surface area contributed by atoms with Crippen molar-refractivity contribution in [1.82, 2.24) is 5.32 Å². The van der Waals surface area contributed by atoms with E-state index >= 15 is 0 Å². The molecule has 0 fully saturated rings. The zero-order valence-corrected chi connectivity index (χ0v) is 16.0. The quantitative estimate of drug-likeness (QED) is 0.829. The monoisotopic (exact) mass is 362 g/mol. The largest absolute Gasteiger partial charge is 0.348 e. The van der Waals surface area contributed by atoms with Gasteiger partial charge in [0.25, 0.3) is 5.91 Å². The standard InChI is InChI=1S/C23H26N2O2/c1-4-21(26)24-16-17-10-12-18(13-11-17)22(27)25-15-7-14-23(2,3)19-8-5-6-9-20(19)25/h4-6,8-13H,1,7,14-16H2,2-3H3,(H,24,26). The number of rotatable bonds is 4. The smallest absolute Gasteiger partial charge is 0.258 e. The lowest BCUT2D eigenvalue weighted by atomic mass is 9.80. The summed E-state index contributed by atoms with van der Waals surface area (Å²) in [4.78, 5) is 26.4. The van der Waals surface area contributed by atoms with Gasteiger partial charge in [-0.05, 0) is 53.7 Å². The van der Waals surface area contributed by atoms with Crippen LogP contribution in [-0.4, -0.2) is 18.4 Å². The minimum absolute atomic E-state index is 0.0156. The number of amides is 2. The molecule has 0 aliphatic carbocycles. The molecule has 4 heteroatoms. The lowest BCUT2D eigenvalue weighted by Gasteiger charge is -2.27. The average Bonchev–Trinajstić information content (AvgIpc) is 2.82. The van der Waals surface area contributed by atoms with E-state index in [0.717, 1.165) is 30.6 Å². The molecule has 3 rings (SSSR count). The van der Waals surface area contributed by atoms with Gasteiger partial charge in [-0.2, -0.15) is 0 Å². The summed E-state index contributed by atoms with van der Waals surface area (Å²) in [6.45, 7) is 9.06. The van der Waals surface area contributed by atoms with Crippen LogP contribution < -0.4 is 10.2 Å². The van der Waals surface area contributed by atoms with Crippen LogP contribution in [0.4, 0.5) is 5.69 Å². The van der Waals surface area contributed by atoms with Crippen LogP contribution in [0.1, 0.15) is 48.2 Å². The fourth-order valence-corrected chi connectivity index (χ4v) is 3.61. The summed E-state index contributed by atoms with van der Waals surface area (Å²) in [5.41, 5.74) is 3.88. The number of nitrogens with zero attached hydrogens (tertiary/aromatic N) is 1. The van der Waals surface area contributed by atoms with Crippen molar-refractivity contribution in [3.05, 3.63) is 77.9 Å². The van der Waals surface area contributed by atoms with Crippen molar-refractivity contribution in [3.63, 3.8) is 0 Å². The number of benzene rings is 2. The second-order valence-electron chi connectivity index (χ2n) is 7.58. The first-order valence-corrected chi connectivity index (χ1v) is 9.33. The number of carbonyl (C=O) groups is 2. The van der Waals surface area contributed by atoms with Gasteiger partial charge in [-0.25, -0.2) is 0 Å². The van der Waals surface area contributed by atoms with Crippen LogP contribution >= 0.6 is 0 Å². The van der Waals surface area contributed by atoms with Crippen LogP contribution in [0.15, 0.2) is 61.2 Å². The van der Waals surface area contributed by atoms with Gasteiger partial charge in [-0.1, -0.05) is 50.8 Å². The van der Waals surface area contributed by atoms with Gasteiger partial charge in [-0.3, -0.25) is 9.59 Å². The van der Waals surface area contributed by atoms with E-state index in [1.54, 1.807) is 0 Å². The Morgan fingerprint density at radius 2 is 1.85 bits per heavy atom. The lowest BCUT2D eigenvalue weighted by Crippen LogP contribution is -2.32. The molecule has 27 heavy (non-hydrogen) atoms. The Balaban J connectivity index is 1.83. The van der Waals surface area contributed by atoms with Crippen molar-refractivity contribution in [2.24, 2.45) is 0 Å². The Labute approximate surface area is 160 Å². The second kappa shape index (κ2) is 7.78. The SMILES string of the molecule is C=CC(=O)NCc1ccc(C(=O)N2CCCC(C)(C)c3ccccc32)cc1. The Kier molecular flexibility index (Phi) is 5.45. The molecule has 2 amide bonds. The maximum atomic E-state index is 13.2.